The number of anilines is 1. The maximum atomic E-state index is 12.9. The van der Waals surface area contributed by atoms with E-state index in [0.717, 1.165) is 4.90 Å². The molecule has 3 rings (SSSR count). The average molecular weight is 330 g/mol. The molecule has 1 spiro atoms. The largest absolute Gasteiger partial charge is 0.461 e. The first-order chi connectivity index (χ1) is 11.5. The van der Waals surface area contributed by atoms with E-state index in [4.69, 9.17) is 4.74 Å². The van der Waals surface area contributed by atoms with Gasteiger partial charge in [-0.1, -0.05) is 18.2 Å². The van der Waals surface area contributed by atoms with E-state index >= 15 is 0 Å². The lowest BCUT2D eigenvalue weighted by Crippen LogP contribution is -2.48. The second-order valence-electron chi connectivity index (χ2n) is 5.39. The zero-order valence-electron chi connectivity index (χ0n) is 12.8. The monoisotopic (exact) mass is 330 g/mol. The smallest absolute Gasteiger partial charge is 0.354 e. The molecule has 9 nitrogen and oxygen atoms in total. The number of imide groups is 1. The maximum Gasteiger partial charge on any atom is 0.354 e. The van der Waals surface area contributed by atoms with Crippen LogP contribution in [0.4, 0.5) is 5.69 Å². The van der Waals surface area contributed by atoms with Crippen LogP contribution in [-0.4, -0.2) is 40.8 Å². The first kappa shape index (κ1) is 15.8. The van der Waals surface area contributed by atoms with Crippen molar-refractivity contribution in [2.24, 2.45) is 10.4 Å². The summed E-state index contributed by atoms with van der Waals surface area (Å²) < 4.78 is 4.84. The Morgan fingerprint density at radius 2 is 2.00 bits per heavy atom. The summed E-state index contributed by atoms with van der Waals surface area (Å²) in [5.74, 6) is -1.86. The van der Waals surface area contributed by atoms with Gasteiger partial charge in [-0.15, -0.1) is 15.1 Å². The number of nitrogens with zero attached hydrogens (tertiary/aromatic N) is 4. The number of para-hydroxylation sites is 1. The lowest BCUT2D eigenvalue weighted by molar-refractivity contribution is -0.135. The highest BCUT2D eigenvalue weighted by atomic mass is 16.5. The van der Waals surface area contributed by atoms with Crippen molar-refractivity contribution in [1.82, 2.24) is 5.12 Å². The molecular weight excluding hydrogens is 316 g/mol. The minimum atomic E-state index is -1.60. The van der Waals surface area contributed by atoms with E-state index < -0.39 is 23.3 Å². The molecule has 0 radical (unpaired) electrons. The summed E-state index contributed by atoms with van der Waals surface area (Å²) >= 11 is 0. The quantitative estimate of drug-likeness (QED) is 0.463. The van der Waals surface area contributed by atoms with Gasteiger partial charge in [-0.3, -0.25) is 9.59 Å². The van der Waals surface area contributed by atoms with Crippen LogP contribution in [0.3, 0.4) is 0 Å². The number of hydrogen-bond donors (Lipinski definition) is 0. The minimum absolute atomic E-state index is 0.104. The fraction of sp³-hybridized carbons (Fsp3) is 0.333. The maximum absolute atomic E-state index is 12.9. The van der Waals surface area contributed by atoms with Crippen LogP contribution in [0.1, 0.15) is 19.8 Å². The number of hydrazone groups is 1. The van der Waals surface area contributed by atoms with Crippen LogP contribution in [-0.2, 0) is 19.1 Å². The van der Waals surface area contributed by atoms with Crippen LogP contribution in [0.15, 0.2) is 40.7 Å². The molecule has 1 atom stereocenters. The van der Waals surface area contributed by atoms with Crippen molar-refractivity contribution in [2.75, 3.05) is 11.5 Å². The highest BCUT2D eigenvalue weighted by Crippen LogP contribution is 2.40. The molecule has 0 saturated carbocycles. The van der Waals surface area contributed by atoms with Gasteiger partial charge < -0.3 is 4.74 Å². The Bertz CT molecular complexity index is 747. The number of hydrogen-bond acceptors (Lipinski definition) is 7. The van der Waals surface area contributed by atoms with E-state index in [1.54, 1.807) is 37.3 Å². The molecule has 2 heterocycles. The van der Waals surface area contributed by atoms with Gasteiger partial charge in [0.1, 0.15) is 0 Å². The molecule has 2 aliphatic rings. The molecule has 9 heteroatoms. The molecule has 124 valence electrons. The molecule has 0 aliphatic carbocycles. The van der Waals surface area contributed by atoms with Crippen LogP contribution >= 0.6 is 0 Å². The van der Waals surface area contributed by atoms with Crippen LogP contribution in [0.25, 0.3) is 0 Å². The molecule has 1 saturated heterocycles. The minimum Gasteiger partial charge on any atom is -0.461 e. The summed E-state index contributed by atoms with van der Waals surface area (Å²) in [7, 11) is 0. The molecule has 1 fully saturated rings. The van der Waals surface area contributed by atoms with Crippen molar-refractivity contribution in [2.45, 2.75) is 25.3 Å². The predicted octanol–water partition coefficient (Wildman–Crippen LogP) is 0.995. The zero-order valence-corrected chi connectivity index (χ0v) is 12.8. The predicted molar refractivity (Wildman–Crippen MR) is 82.6 cm³/mol. The summed E-state index contributed by atoms with van der Waals surface area (Å²) in [4.78, 5) is 49.2. The van der Waals surface area contributed by atoms with Crippen molar-refractivity contribution < 1.29 is 19.1 Å². The third-order valence-electron chi connectivity index (χ3n) is 3.96. The highest BCUT2D eigenvalue weighted by Gasteiger charge is 2.61. The molecule has 0 N–H and O–H groups in total. The molecule has 2 amide bonds. The molecule has 24 heavy (non-hydrogen) atoms. The third kappa shape index (κ3) is 2.25. The summed E-state index contributed by atoms with van der Waals surface area (Å²) in [5, 5.41) is 7.10. The van der Waals surface area contributed by atoms with Gasteiger partial charge in [-0.2, -0.15) is 0 Å². The van der Waals surface area contributed by atoms with Gasteiger partial charge in [0.25, 0.3) is 5.91 Å². The Kier molecular flexibility index (Phi) is 3.84. The molecule has 1 aromatic rings. The van der Waals surface area contributed by atoms with Gasteiger partial charge in [-0.25, -0.2) is 9.69 Å². The number of benzene rings is 1. The second-order valence-corrected chi connectivity index (χ2v) is 5.39. The van der Waals surface area contributed by atoms with Crippen LogP contribution < -0.4 is 4.90 Å². The van der Waals surface area contributed by atoms with E-state index in [1.807, 2.05) is 0 Å². The van der Waals surface area contributed by atoms with Crippen molar-refractivity contribution in [3.8, 4) is 0 Å². The number of rotatable bonds is 4. The summed E-state index contributed by atoms with van der Waals surface area (Å²) in [5.41, 5.74) is -1.32. The van der Waals surface area contributed by atoms with Gasteiger partial charge >= 0.3 is 5.97 Å². The number of nitroso groups, excluding NO2 is 1. The summed E-state index contributed by atoms with van der Waals surface area (Å²) in [6.07, 6.45) is -0.496. The Labute approximate surface area is 136 Å². The van der Waals surface area contributed by atoms with Gasteiger partial charge in [0.2, 0.25) is 5.91 Å². The number of ether oxygens (including phenoxy) is 1. The standard InChI is InChI=1S/C15H14N4O5/c1-2-24-13(21)11-8-15(19(16-11)17-23)9-12(20)18(14(15)22)10-6-4-3-5-7-10/h3-7H,2,8-9H2,1H3/t15-/m1/s1. The first-order valence-corrected chi connectivity index (χ1v) is 7.34. The van der Waals surface area contributed by atoms with E-state index in [0.29, 0.717) is 10.8 Å². The molecule has 0 unspecified atom stereocenters. The van der Waals surface area contributed by atoms with Crippen LogP contribution in [0, 0.1) is 4.91 Å². The molecule has 1 aromatic carbocycles. The number of carbonyl (C=O) groups excluding carboxylic acids is 3. The third-order valence-corrected chi connectivity index (χ3v) is 3.96. The van der Waals surface area contributed by atoms with Crippen LogP contribution in [0.5, 0.6) is 0 Å². The van der Waals surface area contributed by atoms with Crippen molar-refractivity contribution >= 4 is 29.2 Å². The van der Waals surface area contributed by atoms with Gasteiger partial charge in [0.05, 0.1) is 24.0 Å². The SMILES string of the molecule is CCOC(=O)C1=NN(N=O)[C@@]2(CC(=O)N(c3ccccc3)C2=O)C1. The van der Waals surface area contributed by atoms with Crippen molar-refractivity contribution in [1.29, 1.82) is 0 Å². The van der Waals surface area contributed by atoms with E-state index in [-0.39, 0.29) is 25.2 Å². The van der Waals surface area contributed by atoms with E-state index in [9.17, 15) is 19.3 Å². The van der Waals surface area contributed by atoms with Gasteiger partial charge in [-0.05, 0) is 19.1 Å². The number of carbonyl (C=O) groups is 3. The average Bonchev–Trinajstić information content (AvgIpc) is 3.07. The summed E-state index contributed by atoms with van der Waals surface area (Å²) in [6, 6.07) is 8.34. The lowest BCUT2D eigenvalue weighted by atomic mass is 9.92. The Morgan fingerprint density at radius 3 is 2.62 bits per heavy atom. The molecule has 2 aliphatic heterocycles. The van der Waals surface area contributed by atoms with Gasteiger partial charge in [0, 0.05) is 6.42 Å². The molecule has 0 aromatic heterocycles. The number of esters is 1. The fourth-order valence-electron chi connectivity index (χ4n) is 2.88. The first-order valence-electron chi connectivity index (χ1n) is 7.34. The van der Waals surface area contributed by atoms with E-state index in [1.165, 1.54) is 0 Å². The Morgan fingerprint density at radius 1 is 1.29 bits per heavy atom. The summed E-state index contributed by atoms with van der Waals surface area (Å²) in [6.45, 7) is 1.75. The van der Waals surface area contributed by atoms with Crippen LogP contribution in [0.2, 0.25) is 0 Å². The molecule has 0 bridgehead atoms. The topological polar surface area (TPSA) is 109 Å². The van der Waals surface area contributed by atoms with E-state index in [2.05, 4.69) is 10.4 Å². The lowest BCUT2D eigenvalue weighted by Gasteiger charge is -2.24. The Balaban J connectivity index is 1.94. The normalized spacial score (nSPS) is 23.0. The second kappa shape index (κ2) is 5.84. The Hall–Kier alpha value is -3.10. The van der Waals surface area contributed by atoms with Crippen molar-refractivity contribution in [3.63, 3.8) is 0 Å². The fourth-order valence-corrected chi connectivity index (χ4v) is 2.88. The van der Waals surface area contributed by atoms with Crippen molar-refractivity contribution in [3.05, 3.63) is 35.2 Å². The highest BCUT2D eigenvalue weighted by molar-refractivity contribution is 6.39. The number of amides is 2. The zero-order chi connectivity index (χ0) is 17.3. The van der Waals surface area contributed by atoms with Gasteiger partial charge in [0.15, 0.2) is 11.3 Å². The molecular formula is C15H14N4O5.